The van der Waals surface area contributed by atoms with Crippen LogP contribution in [0.5, 0.6) is 0 Å². The van der Waals surface area contributed by atoms with Gasteiger partial charge in [0.15, 0.2) is 5.76 Å². The quantitative estimate of drug-likeness (QED) is 0.297. The third kappa shape index (κ3) is 5.72. The minimum Gasteiger partial charge on any atom is -0.369 e. The fraction of sp³-hybridized carbons (Fsp3) is 0.348. The number of nitrogens with one attached hydrogen (secondary N) is 1. The first-order chi connectivity index (χ1) is 16.3. The van der Waals surface area contributed by atoms with Crippen LogP contribution in [0, 0.1) is 10.1 Å². The molecule has 0 aliphatic carbocycles. The van der Waals surface area contributed by atoms with Gasteiger partial charge in [0, 0.05) is 57.1 Å². The normalized spacial score (nSPS) is 15.0. The Labute approximate surface area is 194 Å². The summed E-state index contributed by atoms with van der Waals surface area (Å²) in [6, 6.07) is 13.5. The topological polar surface area (TPSA) is 87.7 Å². The van der Waals surface area contributed by atoms with Crippen molar-refractivity contribution in [3.63, 3.8) is 0 Å². The number of rotatable bonds is 8. The highest BCUT2D eigenvalue weighted by molar-refractivity contribution is 5.70. The molecule has 1 aliphatic heterocycles. The summed E-state index contributed by atoms with van der Waals surface area (Å²) in [5, 5.41) is 18.4. The highest BCUT2D eigenvalue weighted by atomic mass is 19.4. The zero-order valence-electron chi connectivity index (χ0n) is 18.3. The van der Waals surface area contributed by atoms with Gasteiger partial charge >= 0.3 is 6.18 Å². The minimum absolute atomic E-state index is 0.0282. The molecule has 34 heavy (non-hydrogen) atoms. The van der Waals surface area contributed by atoms with Crippen molar-refractivity contribution in [2.45, 2.75) is 12.7 Å². The van der Waals surface area contributed by atoms with Crippen molar-refractivity contribution in [1.29, 1.82) is 0 Å². The van der Waals surface area contributed by atoms with Crippen LogP contribution in [0.1, 0.15) is 11.3 Å². The molecule has 3 aromatic rings. The van der Waals surface area contributed by atoms with E-state index in [4.69, 9.17) is 4.52 Å². The largest absolute Gasteiger partial charge is 0.416 e. The molecule has 0 radical (unpaired) electrons. The second kappa shape index (κ2) is 10.2. The molecule has 8 nitrogen and oxygen atoms in total. The van der Waals surface area contributed by atoms with E-state index >= 15 is 0 Å². The molecule has 0 amide bonds. The van der Waals surface area contributed by atoms with Crippen LogP contribution < -0.4 is 10.2 Å². The molecule has 0 saturated carbocycles. The number of aromatic nitrogens is 1. The molecule has 1 aliphatic rings. The van der Waals surface area contributed by atoms with Crippen LogP contribution in [0.25, 0.3) is 11.3 Å². The van der Waals surface area contributed by atoms with Crippen molar-refractivity contribution in [2.24, 2.45) is 0 Å². The Morgan fingerprint density at radius 2 is 1.82 bits per heavy atom. The van der Waals surface area contributed by atoms with Gasteiger partial charge < -0.3 is 14.7 Å². The Morgan fingerprint density at radius 1 is 1.06 bits per heavy atom. The predicted molar refractivity (Wildman–Crippen MR) is 120 cm³/mol. The highest BCUT2D eigenvalue weighted by Gasteiger charge is 2.31. The molecular weight excluding hydrogens is 451 g/mol. The number of alkyl halides is 3. The summed E-state index contributed by atoms with van der Waals surface area (Å²) in [6.45, 7) is 4.71. The Balaban J connectivity index is 1.22. The third-order valence-electron chi connectivity index (χ3n) is 5.75. The van der Waals surface area contributed by atoms with E-state index in [1.807, 2.05) is 4.90 Å². The zero-order valence-corrected chi connectivity index (χ0v) is 18.3. The van der Waals surface area contributed by atoms with Crippen LogP contribution in [0.15, 0.2) is 59.1 Å². The van der Waals surface area contributed by atoms with E-state index < -0.39 is 16.7 Å². The Bertz CT molecular complexity index is 1130. The van der Waals surface area contributed by atoms with Crippen LogP contribution in [-0.4, -0.2) is 54.2 Å². The fourth-order valence-corrected chi connectivity index (χ4v) is 3.93. The Kier molecular flexibility index (Phi) is 7.13. The second-order valence-electron chi connectivity index (χ2n) is 8.01. The number of piperazine rings is 1. The van der Waals surface area contributed by atoms with Gasteiger partial charge in [0.2, 0.25) is 0 Å². The van der Waals surface area contributed by atoms with Crippen molar-refractivity contribution in [3.05, 3.63) is 76.0 Å². The Morgan fingerprint density at radius 3 is 2.56 bits per heavy atom. The molecule has 1 fully saturated rings. The molecule has 2 heterocycles. The fourth-order valence-electron chi connectivity index (χ4n) is 3.93. The lowest BCUT2D eigenvalue weighted by Gasteiger charge is -2.36. The predicted octanol–water partition coefficient (Wildman–Crippen LogP) is 4.18. The van der Waals surface area contributed by atoms with Crippen LogP contribution in [0.2, 0.25) is 0 Å². The van der Waals surface area contributed by atoms with Gasteiger partial charge in [-0.3, -0.25) is 15.0 Å². The third-order valence-corrected chi connectivity index (χ3v) is 5.75. The van der Waals surface area contributed by atoms with Crippen molar-refractivity contribution >= 4 is 11.4 Å². The van der Waals surface area contributed by atoms with Gasteiger partial charge in [0.25, 0.3) is 5.69 Å². The maximum absolute atomic E-state index is 13.0. The van der Waals surface area contributed by atoms with Crippen LogP contribution in [-0.2, 0) is 12.7 Å². The standard InChI is InChI=1S/C23H24F3N5O3/c24-23(25,26)17-4-3-5-18(14-17)30-12-10-29(11-13-30)9-8-27-16-19-15-21(28-34-19)20-6-1-2-7-22(20)31(32)33/h1-7,14-15,27H,8-13,16H2. The molecule has 2 aromatic carbocycles. The van der Waals surface area contributed by atoms with Crippen molar-refractivity contribution in [1.82, 2.24) is 15.4 Å². The molecule has 0 atom stereocenters. The molecule has 1 N–H and O–H groups in total. The lowest BCUT2D eigenvalue weighted by atomic mass is 10.1. The number of benzene rings is 2. The molecule has 11 heteroatoms. The van der Waals surface area contributed by atoms with E-state index in [-0.39, 0.29) is 5.69 Å². The van der Waals surface area contributed by atoms with Gasteiger partial charge in [-0.25, -0.2) is 0 Å². The van der Waals surface area contributed by atoms with E-state index in [2.05, 4.69) is 15.4 Å². The summed E-state index contributed by atoms with van der Waals surface area (Å²) in [7, 11) is 0. The first-order valence-corrected chi connectivity index (χ1v) is 10.9. The lowest BCUT2D eigenvalue weighted by molar-refractivity contribution is -0.384. The number of nitro groups is 1. The summed E-state index contributed by atoms with van der Waals surface area (Å²) in [5.41, 5.74) is 0.747. The van der Waals surface area contributed by atoms with E-state index in [1.54, 1.807) is 30.3 Å². The molecule has 1 aromatic heterocycles. The lowest BCUT2D eigenvalue weighted by Crippen LogP contribution is -2.48. The molecule has 0 unspecified atom stereocenters. The number of para-hydroxylation sites is 1. The molecule has 0 spiro atoms. The molecule has 1 saturated heterocycles. The minimum atomic E-state index is -4.34. The van der Waals surface area contributed by atoms with Crippen molar-refractivity contribution in [2.75, 3.05) is 44.2 Å². The average molecular weight is 475 g/mol. The van der Waals surface area contributed by atoms with E-state index in [9.17, 15) is 23.3 Å². The van der Waals surface area contributed by atoms with E-state index in [1.165, 1.54) is 18.2 Å². The molecular formula is C23H24F3N5O3. The number of hydrogen-bond acceptors (Lipinski definition) is 7. The van der Waals surface area contributed by atoms with Gasteiger partial charge in [-0.05, 0) is 24.3 Å². The number of nitro benzene ring substituents is 1. The molecule has 180 valence electrons. The summed E-state index contributed by atoms with van der Waals surface area (Å²) in [5.74, 6) is 0.572. The number of hydrogen-bond donors (Lipinski definition) is 1. The van der Waals surface area contributed by atoms with E-state index in [0.29, 0.717) is 48.9 Å². The summed E-state index contributed by atoms with van der Waals surface area (Å²) < 4.78 is 44.2. The average Bonchev–Trinajstić information content (AvgIpc) is 3.31. The van der Waals surface area contributed by atoms with Crippen LogP contribution >= 0.6 is 0 Å². The number of nitrogens with zero attached hydrogens (tertiary/aromatic N) is 4. The summed E-state index contributed by atoms with van der Waals surface area (Å²) in [4.78, 5) is 15.0. The van der Waals surface area contributed by atoms with Crippen molar-refractivity contribution in [3.8, 4) is 11.3 Å². The zero-order chi connectivity index (χ0) is 24.1. The molecule has 0 bridgehead atoms. The monoisotopic (exact) mass is 475 g/mol. The smallest absolute Gasteiger partial charge is 0.369 e. The Hall–Kier alpha value is -3.44. The van der Waals surface area contributed by atoms with Crippen LogP contribution in [0.4, 0.5) is 24.5 Å². The summed E-state index contributed by atoms with van der Waals surface area (Å²) in [6.07, 6.45) is -4.34. The van der Waals surface area contributed by atoms with Gasteiger partial charge in [-0.2, -0.15) is 13.2 Å². The van der Waals surface area contributed by atoms with Gasteiger partial charge in [0.1, 0.15) is 5.69 Å². The van der Waals surface area contributed by atoms with E-state index in [0.717, 1.165) is 25.7 Å². The first-order valence-electron chi connectivity index (χ1n) is 10.9. The van der Waals surface area contributed by atoms with Gasteiger partial charge in [0.05, 0.1) is 22.6 Å². The van der Waals surface area contributed by atoms with Crippen molar-refractivity contribution < 1.29 is 22.6 Å². The SMILES string of the molecule is O=[N+]([O-])c1ccccc1-c1cc(CNCCN2CCN(c3cccc(C(F)(F)F)c3)CC2)on1. The van der Waals surface area contributed by atoms with Gasteiger partial charge in [-0.1, -0.05) is 23.4 Å². The highest BCUT2D eigenvalue weighted by Crippen LogP contribution is 2.32. The van der Waals surface area contributed by atoms with Gasteiger partial charge in [-0.15, -0.1) is 0 Å². The first kappa shape index (κ1) is 23.7. The number of halogens is 3. The summed E-state index contributed by atoms with van der Waals surface area (Å²) >= 11 is 0. The van der Waals surface area contributed by atoms with Crippen LogP contribution in [0.3, 0.4) is 0 Å². The maximum Gasteiger partial charge on any atom is 0.416 e. The molecule has 4 rings (SSSR count). The number of anilines is 1. The second-order valence-corrected chi connectivity index (χ2v) is 8.01. The maximum atomic E-state index is 13.0.